The van der Waals surface area contributed by atoms with Crippen LogP contribution in [0.1, 0.15) is 30.8 Å². The third-order valence-corrected chi connectivity index (χ3v) is 1.84. The summed E-state index contributed by atoms with van der Waals surface area (Å²) in [7, 11) is 0. The molecule has 13 heavy (non-hydrogen) atoms. The highest BCUT2D eigenvalue weighted by Crippen LogP contribution is 2.04. The molecule has 1 rings (SSSR count). The fourth-order valence-electron chi connectivity index (χ4n) is 1.11. The third kappa shape index (κ3) is 2.65. The van der Waals surface area contributed by atoms with Crippen LogP contribution < -0.4 is 0 Å². The van der Waals surface area contributed by atoms with Gasteiger partial charge in [0, 0.05) is 13.5 Å². The molecule has 0 spiro atoms. The molecule has 1 aromatic heterocycles. The van der Waals surface area contributed by atoms with Crippen molar-refractivity contribution in [1.82, 2.24) is 9.55 Å². The molecule has 0 amide bonds. The summed E-state index contributed by atoms with van der Waals surface area (Å²) in [4.78, 5) is 14.9. The molecule has 0 radical (unpaired) electrons. The summed E-state index contributed by atoms with van der Waals surface area (Å²) in [6, 6.07) is 0. The van der Waals surface area contributed by atoms with E-state index < -0.39 is 6.17 Å². The van der Waals surface area contributed by atoms with Crippen LogP contribution in [0, 0.1) is 0 Å². The largest absolute Gasteiger partial charge is 0.328 e. The Kier molecular flexibility index (Phi) is 3.17. The molecule has 0 saturated carbocycles. The fourth-order valence-corrected chi connectivity index (χ4v) is 1.11. The van der Waals surface area contributed by atoms with E-state index in [4.69, 9.17) is 0 Å². The van der Waals surface area contributed by atoms with Crippen LogP contribution in [0.15, 0.2) is 12.5 Å². The minimum Gasteiger partial charge on any atom is -0.328 e. The summed E-state index contributed by atoms with van der Waals surface area (Å²) in [6.45, 7) is 3.49. The Balaban J connectivity index is 2.65. The average Bonchev–Trinajstić information content (AvgIpc) is 2.47. The van der Waals surface area contributed by atoms with E-state index in [1.807, 2.05) is 0 Å². The summed E-state index contributed by atoms with van der Waals surface area (Å²) in [5, 5.41) is 0. The third-order valence-electron chi connectivity index (χ3n) is 1.84. The molecule has 0 aliphatic carbocycles. The van der Waals surface area contributed by atoms with Crippen LogP contribution in [0.25, 0.3) is 0 Å². The van der Waals surface area contributed by atoms with Crippen molar-refractivity contribution in [2.75, 3.05) is 0 Å². The van der Waals surface area contributed by atoms with Crippen LogP contribution in [0.2, 0.25) is 0 Å². The highest BCUT2D eigenvalue weighted by atomic mass is 19.1. The predicted molar refractivity (Wildman–Crippen MR) is 47.4 cm³/mol. The van der Waals surface area contributed by atoms with E-state index in [9.17, 15) is 9.18 Å². The molecular weight excluding hydrogens is 171 g/mol. The van der Waals surface area contributed by atoms with Crippen LogP contribution in [0.4, 0.5) is 4.39 Å². The number of carbonyl (C=O) groups excluding carboxylic acids is 1. The van der Waals surface area contributed by atoms with Crippen molar-refractivity contribution in [2.24, 2.45) is 0 Å². The number of imidazole rings is 1. The maximum absolute atomic E-state index is 12.5. The molecular formula is C9H13FN2O. The monoisotopic (exact) mass is 184 g/mol. The van der Waals surface area contributed by atoms with Gasteiger partial charge in [0.1, 0.15) is 5.69 Å². The predicted octanol–water partition coefficient (Wildman–Crippen LogP) is 1.83. The summed E-state index contributed by atoms with van der Waals surface area (Å²) in [6.07, 6.45) is 2.63. The van der Waals surface area contributed by atoms with E-state index in [-0.39, 0.29) is 5.78 Å². The van der Waals surface area contributed by atoms with Gasteiger partial charge in [-0.15, -0.1) is 0 Å². The van der Waals surface area contributed by atoms with Gasteiger partial charge in [0.05, 0.1) is 18.7 Å². The summed E-state index contributed by atoms with van der Waals surface area (Å²) < 4.78 is 14.2. The van der Waals surface area contributed by atoms with Crippen molar-refractivity contribution >= 4 is 5.78 Å². The lowest BCUT2D eigenvalue weighted by Crippen LogP contribution is -2.08. The van der Waals surface area contributed by atoms with E-state index in [1.54, 1.807) is 10.9 Å². The van der Waals surface area contributed by atoms with Crippen LogP contribution in [-0.4, -0.2) is 21.5 Å². The van der Waals surface area contributed by atoms with Gasteiger partial charge in [-0.25, -0.2) is 9.37 Å². The SMILES string of the molecule is CC(=O)c1cncn1CCC(C)F. The van der Waals surface area contributed by atoms with Gasteiger partial charge in [0.2, 0.25) is 0 Å². The topological polar surface area (TPSA) is 34.9 Å². The molecule has 4 heteroatoms. The first-order chi connectivity index (χ1) is 6.11. The summed E-state index contributed by atoms with van der Waals surface area (Å²) in [5.41, 5.74) is 0.542. The lowest BCUT2D eigenvalue weighted by atomic mass is 10.3. The number of carbonyl (C=O) groups is 1. The number of hydrogen-bond donors (Lipinski definition) is 0. The molecule has 0 fully saturated rings. The second kappa shape index (κ2) is 4.16. The van der Waals surface area contributed by atoms with E-state index in [1.165, 1.54) is 20.0 Å². The van der Waals surface area contributed by atoms with E-state index in [0.29, 0.717) is 18.7 Å². The first-order valence-electron chi connectivity index (χ1n) is 4.26. The number of nitrogens with zero attached hydrogens (tertiary/aromatic N) is 2. The van der Waals surface area contributed by atoms with Crippen LogP contribution >= 0.6 is 0 Å². The molecule has 1 atom stereocenters. The quantitative estimate of drug-likeness (QED) is 0.669. The standard InChI is InChI=1S/C9H13FN2O/c1-7(10)3-4-12-6-11-5-9(12)8(2)13/h5-7H,3-4H2,1-2H3. The number of hydrogen-bond acceptors (Lipinski definition) is 2. The smallest absolute Gasteiger partial charge is 0.177 e. The van der Waals surface area contributed by atoms with Gasteiger partial charge in [-0.2, -0.15) is 0 Å². The van der Waals surface area contributed by atoms with Gasteiger partial charge in [-0.1, -0.05) is 0 Å². The van der Waals surface area contributed by atoms with Crippen molar-refractivity contribution in [3.05, 3.63) is 18.2 Å². The van der Waals surface area contributed by atoms with Gasteiger partial charge in [-0.05, 0) is 13.3 Å². The first kappa shape index (κ1) is 9.89. The van der Waals surface area contributed by atoms with Gasteiger partial charge in [0.25, 0.3) is 0 Å². The number of alkyl halides is 1. The molecule has 0 saturated heterocycles. The number of ketones is 1. The minimum absolute atomic E-state index is 0.0380. The highest BCUT2D eigenvalue weighted by Gasteiger charge is 2.07. The van der Waals surface area contributed by atoms with E-state index >= 15 is 0 Å². The summed E-state index contributed by atoms with van der Waals surface area (Å²) >= 11 is 0. The summed E-state index contributed by atoms with van der Waals surface area (Å²) in [5.74, 6) is -0.0380. The zero-order valence-corrected chi connectivity index (χ0v) is 7.83. The zero-order valence-electron chi connectivity index (χ0n) is 7.83. The second-order valence-corrected chi connectivity index (χ2v) is 3.10. The Bertz CT molecular complexity index is 294. The molecule has 1 aromatic rings. The molecule has 0 N–H and O–H groups in total. The Morgan fingerprint density at radius 2 is 2.46 bits per heavy atom. The molecule has 0 aromatic carbocycles. The minimum atomic E-state index is -0.845. The molecule has 1 heterocycles. The van der Waals surface area contributed by atoms with Crippen LogP contribution in [0.3, 0.4) is 0 Å². The van der Waals surface area contributed by atoms with Crippen LogP contribution in [0.5, 0.6) is 0 Å². The molecule has 0 bridgehead atoms. The maximum Gasteiger partial charge on any atom is 0.177 e. The molecule has 0 aliphatic rings. The zero-order chi connectivity index (χ0) is 9.84. The van der Waals surface area contributed by atoms with Crippen molar-refractivity contribution in [2.45, 2.75) is 33.0 Å². The Morgan fingerprint density at radius 1 is 1.77 bits per heavy atom. The number of aryl methyl sites for hydroxylation is 1. The second-order valence-electron chi connectivity index (χ2n) is 3.10. The van der Waals surface area contributed by atoms with Crippen LogP contribution in [-0.2, 0) is 6.54 Å². The molecule has 1 unspecified atom stereocenters. The van der Waals surface area contributed by atoms with Gasteiger partial charge in [-0.3, -0.25) is 4.79 Å². The average molecular weight is 184 g/mol. The van der Waals surface area contributed by atoms with Crippen molar-refractivity contribution in [1.29, 1.82) is 0 Å². The Labute approximate surface area is 76.6 Å². The lowest BCUT2D eigenvalue weighted by molar-refractivity contribution is 0.100. The maximum atomic E-state index is 12.5. The molecule has 0 aliphatic heterocycles. The van der Waals surface area contributed by atoms with Crippen molar-refractivity contribution in [3.63, 3.8) is 0 Å². The number of aromatic nitrogens is 2. The van der Waals surface area contributed by atoms with E-state index in [0.717, 1.165) is 0 Å². The van der Waals surface area contributed by atoms with Gasteiger partial charge < -0.3 is 4.57 Å². The number of rotatable bonds is 4. The highest BCUT2D eigenvalue weighted by molar-refractivity contribution is 5.92. The normalized spacial score (nSPS) is 12.8. The molecule has 72 valence electrons. The lowest BCUT2D eigenvalue weighted by Gasteiger charge is -2.05. The first-order valence-corrected chi connectivity index (χ1v) is 4.26. The van der Waals surface area contributed by atoms with Crippen molar-refractivity contribution in [3.8, 4) is 0 Å². The Morgan fingerprint density at radius 3 is 3.00 bits per heavy atom. The van der Waals surface area contributed by atoms with E-state index in [2.05, 4.69) is 4.98 Å². The fraction of sp³-hybridized carbons (Fsp3) is 0.556. The number of halogens is 1. The van der Waals surface area contributed by atoms with Gasteiger partial charge in [0.15, 0.2) is 5.78 Å². The number of Topliss-reactive ketones (excluding diaryl/α,β-unsaturated/α-hetero) is 1. The molecule has 3 nitrogen and oxygen atoms in total. The Hall–Kier alpha value is -1.19. The van der Waals surface area contributed by atoms with Crippen molar-refractivity contribution < 1.29 is 9.18 Å². The van der Waals surface area contributed by atoms with Gasteiger partial charge >= 0.3 is 0 Å².